The van der Waals surface area contributed by atoms with Crippen molar-refractivity contribution in [1.82, 2.24) is 0 Å². The molecule has 0 aromatic heterocycles. The molecule has 1 aromatic rings. The maximum atomic E-state index is 8.38. The number of hydrogen-bond donors (Lipinski definition) is 1. The van der Waals surface area contributed by atoms with Gasteiger partial charge in [0, 0.05) is 0 Å². The van der Waals surface area contributed by atoms with E-state index < -0.39 is 0 Å². The minimum absolute atomic E-state index is 0.802. The van der Waals surface area contributed by atoms with E-state index in [1.807, 2.05) is 31.3 Å². The second-order valence-corrected chi connectivity index (χ2v) is 2.42. The number of hydrogen-bond acceptors (Lipinski definition) is 3. The zero-order valence-corrected chi connectivity index (χ0v) is 7.09. The lowest BCUT2D eigenvalue weighted by molar-refractivity contribution is 0.414. The van der Waals surface area contributed by atoms with Crippen molar-refractivity contribution < 1.29 is 4.74 Å². The molecule has 0 saturated carbocycles. The quantitative estimate of drug-likeness (QED) is 0.533. The predicted octanol–water partition coefficient (Wildman–Crippen LogP) is 1.90. The number of ether oxygens (including phenoxy) is 1. The first kappa shape index (κ1) is 8.41. The summed E-state index contributed by atoms with van der Waals surface area (Å²) in [7, 11) is 1.62. The summed E-state index contributed by atoms with van der Waals surface area (Å²) in [6.45, 7) is 1.92. The molecule has 0 aliphatic heterocycles. The van der Waals surface area contributed by atoms with E-state index in [1.54, 1.807) is 7.11 Å². The number of methoxy groups -OCH3 is 1. The fraction of sp³-hybridized carbons (Fsp3) is 0.222. The van der Waals surface area contributed by atoms with Gasteiger partial charge in [-0.15, -0.1) is 0 Å². The second-order valence-electron chi connectivity index (χ2n) is 2.42. The molecule has 0 saturated heterocycles. The van der Waals surface area contributed by atoms with Gasteiger partial charge in [-0.05, 0) is 30.7 Å². The second kappa shape index (κ2) is 3.63. The summed E-state index contributed by atoms with van der Waals surface area (Å²) in [5, 5.41) is 11.0. The van der Waals surface area contributed by atoms with E-state index in [1.165, 1.54) is 0 Å². The molecule has 3 nitrogen and oxygen atoms in total. The van der Waals surface area contributed by atoms with Crippen LogP contribution in [0.4, 0.5) is 5.69 Å². The van der Waals surface area contributed by atoms with Crippen molar-refractivity contribution in [1.29, 1.82) is 5.26 Å². The Morgan fingerprint density at radius 2 is 2.25 bits per heavy atom. The maximum Gasteiger partial charge on any atom is 0.181 e. The minimum atomic E-state index is 0.802. The van der Waals surface area contributed by atoms with Gasteiger partial charge in [0.05, 0.1) is 12.8 Å². The van der Waals surface area contributed by atoms with Gasteiger partial charge in [-0.3, -0.25) is 5.32 Å². The smallest absolute Gasteiger partial charge is 0.181 e. The van der Waals surface area contributed by atoms with Crippen LogP contribution >= 0.6 is 0 Å². The van der Waals surface area contributed by atoms with Crippen LogP contribution in [0.15, 0.2) is 18.2 Å². The Labute approximate surface area is 71.6 Å². The maximum absolute atomic E-state index is 8.38. The summed E-state index contributed by atoms with van der Waals surface area (Å²) < 4.78 is 5.02. The zero-order chi connectivity index (χ0) is 8.97. The van der Waals surface area contributed by atoms with Gasteiger partial charge in [-0.25, -0.2) is 0 Å². The number of nitrogens with one attached hydrogen (secondary N) is 1. The van der Waals surface area contributed by atoms with Crippen LogP contribution in [0.1, 0.15) is 5.56 Å². The molecule has 0 unspecified atom stereocenters. The van der Waals surface area contributed by atoms with Crippen LogP contribution < -0.4 is 10.1 Å². The minimum Gasteiger partial charge on any atom is -0.497 e. The molecule has 0 atom stereocenters. The van der Waals surface area contributed by atoms with Crippen molar-refractivity contribution in [2.24, 2.45) is 0 Å². The molecule has 0 fully saturated rings. The first-order valence-electron chi connectivity index (χ1n) is 3.57. The molecule has 0 spiro atoms. The monoisotopic (exact) mass is 162 g/mol. The molecule has 1 N–H and O–H groups in total. The summed E-state index contributed by atoms with van der Waals surface area (Å²) in [5.41, 5.74) is 1.81. The predicted molar refractivity (Wildman–Crippen MR) is 47.0 cm³/mol. The topological polar surface area (TPSA) is 45.0 Å². The van der Waals surface area contributed by atoms with Gasteiger partial charge in [0.1, 0.15) is 5.75 Å². The molecule has 0 radical (unpaired) electrons. The fourth-order valence-corrected chi connectivity index (χ4v) is 0.964. The van der Waals surface area contributed by atoms with Crippen molar-refractivity contribution >= 4 is 5.69 Å². The van der Waals surface area contributed by atoms with Crippen LogP contribution in [0.3, 0.4) is 0 Å². The van der Waals surface area contributed by atoms with Gasteiger partial charge in [0.25, 0.3) is 0 Å². The van der Waals surface area contributed by atoms with E-state index in [0.717, 1.165) is 17.0 Å². The van der Waals surface area contributed by atoms with Gasteiger partial charge in [-0.1, -0.05) is 0 Å². The molecule has 12 heavy (non-hydrogen) atoms. The Morgan fingerprint density at radius 1 is 1.50 bits per heavy atom. The van der Waals surface area contributed by atoms with E-state index >= 15 is 0 Å². The van der Waals surface area contributed by atoms with Gasteiger partial charge in [-0.2, -0.15) is 5.26 Å². The third-order valence-electron chi connectivity index (χ3n) is 1.62. The standard InChI is InChI=1S/C9H10N2O/c1-7-5-8(12-2)3-4-9(7)11-6-10/h3-5,11H,1-2H3. The lowest BCUT2D eigenvalue weighted by Gasteiger charge is -2.04. The van der Waals surface area contributed by atoms with Crippen LogP contribution in [0, 0.1) is 18.4 Å². The number of rotatable bonds is 2. The summed E-state index contributed by atoms with van der Waals surface area (Å²) in [5.74, 6) is 0.802. The molecule has 3 heteroatoms. The van der Waals surface area contributed by atoms with E-state index in [2.05, 4.69) is 5.32 Å². The molecular formula is C9H10N2O. The fourth-order valence-electron chi connectivity index (χ4n) is 0.964. The van der Waals surface area contributed by atoms with Gasteiger partial charge in [0.15, 0.2) is 6.19 Å². The molecule has 1 aromatic carbocycles. The third kappa shape index (κ3) is 1.67. The Bertz CT molecular complexity index is 315. The Kier molecular flexibility index (Phi) is 2.54. The lowest BCUT2D eigenvalue weighted by Crippen LogP contribution is -1.91. The van der Waals surface area contributed by atoms with Crippen LogP contribution in [-0.4, -0.2) is 7.11 Å². The Balaban J connectivity index is 2.97. The highest BCUT2D eigenvalue weighted by atomic mass is 16.5. The summed E-state index contributed by atoms with van der Waals surface area (Å²) in [6.07, 6.45) is 1.87. The molecule has 1 rings (SSSR count). The number of nitriles is 1. The van der Waals surface area contributed by atoms with Gasteiger partial charge in [0.2, 0.25) is 0 Å². The first-order chi connectivity index (χ1) is 5.77. The largest absolute Gasteiger partial charge is 0.497 e. The molecule has 0 heterocycles. The number of nitrogens with zero attached hydrogens (tertiary/aromatic N) is 1. The van der Waals surface area contributed by atoms with Gasteiger partial charge < -0.3 is 4.74 Å². The average Bonchev–Trinajstić information content (AvgIpc) is 2.09. The Morgan fingerprint density at radius 3 is 2.75 bits per heavy atom. The van der Waals surface area contributed by atoms with Crippen LogP contribution in [0.5, 0.6) is 5.75 Å². The average molecular weight is 162 g/mol. The lowest BCUT2D eigenvalue weighted by atomic mass is 10.2. The highest BCUT2D eigenvalue weighted by Crippen LogP contribution is 2.20. The number of anilines is 1. The van der Waals surface area contributed by atoms with Crippen LogP contribution in [0.2, 0.25) is 0 Å². The van der Waals surface area contributed by atoms with Crippen molar-refractivity contribution in [3.63, 3.8) is 0 Å². The Hall–Kier alpha value is -1.69. The zero-order valence-electron chi connectivity index (χ0n) is 7.09. The molecular weight excluding hydrogens is 152 g/mol. The summed E-state index contributed by atoms with van der Waals surface area (Å²) >= 11 is 0. The molecule has 0 amide bonds. The van der Waals surface area contributed by atoms with E-state index in [-0.39, 0.29) is 0 Å². The number of benzene rings is 1. The summed E-state index contributed by atoms with van der Waals surface area (Å²) in [4.78, 5) is 0. The molecule has 0 bridgehead atoms. The van der Waals surface area contributed by atoms with E-state index in [9.17, 15) is 0 Å². The van der Waals surface area contributed by atoms with Crippen molar-refractivity contribution in [2.45, 2.75) is 6.92 Å². The van der Waals surface area contributed by atoms with E-state index in [0.29, 0.717) is 0 Å². The van der Waals surface area contributed by atoms with E-state index in [4.69, 9.17) is 10.00 Å². The van der Waals surface area contributed by atoms with Crippen LogP contribution in [-0.2, 0) is 0 Å². The highest BCUT2D eigenvalue weighted by Gasteiger charge is 1.97. The normalized spacial score (nSPS) is 8.75. The first-order valence-corrected chi connectivity index (χ1v) is 3.57. The highest BCUT2D eigenvalue weighted by molar-refractivity contribution is 5.55. The molecule has 62 valence electrons. The molecule has 0 aliphatic rings. The summed E-state index contributed by atoms with van der Waals surface area (Å²) in [6, 6.07) is 5.50. The van der Waals surface area contributed by atoms with Crippen molar-refractivity contribution in [3.8, 4) is 11.9 Å². The molecule has 0 aliphatic carbocycles. The van der Waals surface area contributed by atoms with Crippen molar-refractivity contribution in [3.05, 3.63) is 23.8 Å². The van der Waals surface area contributed by atoms with Crippen molar-refractivity contribution in [2.75, 3.05) is 12.4 Å². The SMILES string of the molecule is COc1ccc(NC#N)c(C)c1. The van der Waals surface area contributed by atoms with Crippen LogP contribution in [0.25, 0.3) is 0 Å². The number of aryl methyl sites for hydroxylation is 1. The van der Waals surface area contributed by atoms with Gasteiger partial charge >= 0.3 is 0 Å². The third-order valence-corrected chi connectivity index (χ3v) is 1.62.